The molecule has 0 bridgehead atoms. The number of methoxy groups -OCH3 is 1. The maximum absolute atomic E-state index is 11.7. The Labute approximate surface area is 85.4 Å². The highest BCUT2D eigenvalue weighted by atomic mass is 16.5. The zero-order chi connectivity index (χ0) is 9.97. The molecule has 0 amide bonds. The molecule has 0 radical (unpaired) electrons. The third-order valence-corrected chi connectivity index (χ3v) is 3.77. The molecule has 0 spiro atoms. The average molecular weight is 198 g/mol. The van der Waals surface area contributed by atoms with Crippen molar-refractivity contribution in [3.05, 3.63) is 0 Å². The van der Waals surface area contributed by atoms with Crippen molar-refractivity contribution < 1.29 is 14.4 Å². The average Bonchev–Trinajstić information content (AvgIpc) is 2.66. The summed E-state index contributed by atoms with van der Waals surface area (Å²) in [5, 5.41) is 0. The molecule has 1 aliphatic heterocycles. The molecule has 1 unspecified atom stereocenters. The minimum absolute atomic E-state index is 0.385. The van der Waals surface area contributed by atoms with Gasteiger partial charge in [-0.3, -0.25) is 4.79 Å². The largest absolute Gasteiger partial charge is 0.379 e. The molecule has 3 heteroatoms. The molecule has 0 aromatic heterocycles. The van der Waals surface area contributed by atoms with Crippen LogP contribution in [0.4, 0.5) is 0 Å². The summed E-state index contributed by atoms with van der Waals surface area (Å²) in [5.41, 5.74) is 0. The molecule has 1 heterocycles. The van der Waals surface area contributed by atoms with Gasteiger partial charge in [-0.1, -0.05) is 0 Å². The zero-order valence-electron chi connectivity index (χ0n) is 8.92. The lowest BCUT2D eigenvalue weighted by Crippen LogP contribution is -3.18. The van der Waals surface area contributed by atoms with Crippen LogP contribution < -0.4 is 4.90 Å². The lowest BCUT2D eigenvalue weighted by molar-refractivity contribution is -0.929. The van der Waals surface area contributed by atoms with E-state index < -0.39 is 0 Å². The first-order chi connectivity index (χ1) is 6.83. The number of rotatable bonds is 3. The predicted octanol–water partition coefficient (Wildman–Crippen LogP) is -0.341. The minimum atomic E-state index is 0.385. The van der Waals surface area contributed by atoms with E-state index in [2.05, 4.69) is 0 Å². The van der Waals surface area contributed by atoms with Crippen LogP contribution in [0.25, 0.3) is 0 Å². The van der Waals surface area contributed by atoms with Gasteiger partial charge in [0.1, 0.15) is 12.3 Å². The third-order valence-electron chi connectivity index (χ3n) is 3.77. The van der Waals surface area contributed by atoms with Crippen LogP contribution in [0.1, 0.15) is 25.7 Å². The second kappa shape index (κ2) is 4.41. The predicted molar refractivity (Wildman–Crippen MR) is 53.3 cm³/mol. The Morgan fingerprint density at radius 2 is 2.36 bits per heavy atom. The number of carbonyl (C=O) groups excluding carboxylic acids is 1. The Kier molecular flexibility index (Phi) is 3.19. The molecule has 2 aliphatic rings. The van der Waals surface area contributed by atoms with Gasteiger partial charge < -0.3 is 9.64 Å². The van der Waals surface area contributed by atoms with Crippen LogP contribution in [0, 0.1) is 5.92 Å². The number of Topliss-reactive ketones (excluding diaryl/α,β-unsaturated/α-hetero) is 1. The highest BCUT2D eigenvalue weighted by Crippen LogP contribution is 2.27. The fraction of sp³-hybridized carbons (Fsp3) is 0.909. The number of fused-ring (bicyclic) bond motifs is 1. The second-order valence-electron chi connectivity index (χ2n) is 4.51. The monoisotopic (exact) mass is 198 g/mol. The summed E-state index contributed by atoms with van der Waals surface area (Å²) >= 11 is 0. The Bertz CT molecular complexity index is 217. The van der Waals surface area contributed by atoms with E-state index in [4.69, 9.17) is 4.74 Å². The Morgan fingerprint density at radius 3 is 3.14 bits per heavy atom. The summed E-state index contributed by atoms with van der Waals surface area (Å²) in [6.07, 6.45) is 4.42. The van der Waals surface area contributed by atoms with E-state index in [0.29, 0.717) is 17.7 Å². The van der Waals surface area contributed by atoms with Crippen LogP contribution >= 0.6 is 0 Å². The summed E-state index contributed by atoms with van der Waals surface area (Å²) in [4.78, 5) is 13.3. The molecule has 3 nitrogen and oxygen atoms in total. The Hall–Kier alpha value is -0.410. The zero-order valence-corrected chi connectivity index (χ0v) is 8.92. The van der Waals surface area contributed by atoms with Gasteiger partial charge in [-0.05, 0) is 12.8 Å². The summed E-state index contributed by atoms with van der Waals surface area (Å²) in [6, 6.07) is 0.617. The van der Waals surface area contributed by atoms with Crippen molar-refractivity contribution in [2.24, 2.45) is 5.92 Å². The molecular weight excluding hydrogens is 178 g/mol. The van der Waals surface area contributed by atoms with Crippen LogP contribution in [-0.2, 0) is 9.53 Å². The molecule has 3 atom stereocenters. The summed E-state index contributed by atoms with van der Waals surface area (Å²) < 4.78 is 5.11. The van der Waals surface area contributed by atoms with E-state index in [1.165, 1.54) is 12.8 Å². The number of hydrogen-bond acceptors (Lipinski definition) is 2. The number of likely N-dealkylation sites (tertiary alicyclic amines) is 1. The Balaban J connectivity index is 1.95. The lowest BCUT2D eigenvalue weighted by atomic mass is 9.91. The molecular formula is C11H20NO2+. The van der Waals surface area contributed by atoms with Gasteiger partial charge in [-0.15, -0.1) is 0 Å². The van der Waals surface area contributed by atoms with Gasteiger partial charge in [0.25, 0.3) is 0 Å². The number of ketones is 1. The van der Waals surface area contributed by atoms with E-state index in [-0.39, 0.29) is 0 Å². The van der Waals surface area contributed by atoms with Crippen molar-refractivity contribution in [1.82, 2.24) is 0 Å². The molecule has 2 fully saturated rings. The number of hydrogen-bond donors (Lipinski definition) is 1. The first-order valence-electron chi connectivity index (χ1n) is 5.69. The molecule has 2 rings (SSSR count). The molecule has 1 N–H and O–H groups in total. The maximum Gasteiger partial charge on any atom is 0.147 e. The van der Waals surface area contributed by atoms with E-state index >= 15 is 0 Å². The van der Waals surface area contributed by atoms with Crippen molar-refractivity contribution in [3.8, 4) is 0 Å². The van der Waals surface area contributed by atoms with Crippen LogP contribution in [0.3, 0.4) is 0 Å². The van der Waals surface area contributed by atoms with Crippen LogP contribution in [-0.4, -0.2) is 38.6 Å². The van der Waals surface area contributed by atoms with Crippen molar-refractivity contribution in [3.63, 3.8) is 0 Å². The normalized spacial score (nSPS) is 37.2. The standard InChI is InChI=1S/C11H19NO2/c1-14-8-7-12-6-5-11(13)9-3-2-4-10(9)12/h9-10H,2-8H2,1H3/p+1/t9-,10+/m1/s1. The fourth-order valence-corrected chi connectivity index (χ4v) is 3.03. The second-order valence-corrected chi connectivity index (χ2v) is 4.51. The summed E-state index contributed by atoms with van der Waals surface area (Å²) in [7, 11) is 1.75. The number of ether oxygens (including phenoxy) is 1. The maximum atomic E-state index is 11.7. The van der Waals surface area contributed by atoms with Gasteiger partial charge in [0.2, 0.25) is 0 Å². The molecule has 1 aliphatic carbocycles. The summed E-state index contributed by atoms with van der Waals surface area (Å²) in [5.74, 6) is 0.907. The number of piperidine rings is 1. The SMILES string of the molecule is COCC[NH+]1CCC(=O)[C@@H]2CCC[C@@H]21. The van der Waals surface area contributed by atoms with Gasteiger partial charge >= 0.3 is 0 Å². The quantitative estimate of drug-likeness (QED) is 0.672. The smallest absolute Gasteiger partial charge is 0.147 e. The van der Waals surface area contributed by atoms with E-state index in [1.807, 2.05) is 0 Å². The molecule has 1 saturated carbocycles. The topological polar surface area (TPSA) is 30.7 Å². The van der Waals surface area contributed by atoms with Crippen molar-refractivity contribution in [1.29, 1.82) is 0 Å². The first-order valence-corrected chi connectivity index (χ1v) is 5.69. The van der Waals surface area contributed by atoms with Crippen molar-refractivity contribution >= 4 is 5.78 Å². The molecule has 14 heavy (non-hydrogen) atoms. The number of nitrogens with one attached hydrogen (secondary N) is 1. The van der Waals surface area contributed by atoms with E-state index in [0.717, 1.165) is 32.5 Å². The van der Waals surface area contributed by atoms with Crippen LogP contribution in [0.5, 0.6) is 0 Å². The van der Waals surface area contributed by atoms with Crippen molar-refractivity contribution in [2.45, 2.75) is 31.7 Å². The number of quaternary nitrogens is 1. The molecule has 1 saturated heterocycles. The Morgan fingerprint density at radius 1 is 1.50 bits per heavy atom. The lowest BCUT2D eigenvalue weighted by Gasteiger charge is -2.33. The van der Waals surface area contributed by atoms with Gasteiger partial charge in [-0.2, -0.15) is 0 Å². The minimum Gasteiger partial charge on any atom is -0.379 e. The van der Waals surface area contributed by atoms with E-state index in [1.54, 1.807) is 12.0 Å². The van der Waals surface area contributed by atoms with Gasteiger partial charge in [0.15, 0.2) is 0 Å². The van der Waals surface area contributed by atoms with Gasteiger partial charge in [-0.25, -0.2) is 0 Å². The third kappa shape index (κ3) is 1.84. The van der Waals surface area contributed by atoms with Crippen LogP contribution in [0.15, 0.2) is 0 Å². The molecule has 80 valence electrons. The van der Waals surface area contributed by atoms with Gasteiger partial charge in [0, 0.05) is 13.5 Å². The first kappa shape index (κ1) is 10.1. The van der Waals surface area contributed by atoms with Crippen molar-refractivity contribution in [2.75, 3.05) is 26.8 Å². The fourth-order valence-electron chi connectivity index (χ4n) is 3.03. The molecule has 0 aromatic rings. The highest BCUT2D eigenvalue weighted by Gasteiger charge is 2.42. The highest BCUT2D eigenvalue weighted by molar-refractivity contribution is 5.82. The van der Waals surface area contributed by atoms with E-state index in [9.17, 15) is 4.79 Å². The number of carbonyl (C=O) groups is 1. The summed E-state index contributed by atoms with van der Waals surface area (Å²) in [6.45, 7) is 2.93. The van der Waals surface area contributed by atoms with Gasteiger partial charge in [0.05, 0.1) is 31.5 Å². The molecule has 0 aromatic carbocycles. The van der Waals surface area contributed by atoms with Crippen LogP contribution in [0.2, 0.25) is 0 Å².